The van der Waals surface area contributed by atoms with Crippen LogP contribution in [0.2, 0.25) is 0 Å². The predicted octanol–water partition coefficient (Wildman–Crippen LogP) is 4.81. The summed E-state index contributed by atoms with van der Waals surface area (Å²) in [6.07, 6.45) is 0. The first-order chi connectivity index (χ1) is 12.9. The molecule has 27 heavy (non-hydrogen) atoms. The van der Waals surface area contributed by atoms with Crippen LogP contribution in [0, 0.1) is 13.8 Å². The van der Waals surface area contributed by atoms with E-state index in [1.807, 2.05) is 24.3 Å². The lowest BCUT2D eigenvalue weighted by Gasteiger charge is -2.20. The maximum Gasteiger partial charge on any atom is 0.371 e. The number of aryl methyl sites for hydroxylation is 2. The van der Waals surface area contributed by atoms with Crippen molar-refractivity contribution in [1.29, 1.82) is 0 Å². The predicted molar refractivity (Wildman–Crippen MR) is 104 cm³/mol. The first-order valence-electron chi connectivity index (χ1n) is 8.74. The van der Waals surface area contributed by atoms with Crippen LogP contribution in [0.4, 0.5) is 5.69 Å². The van der Waals surface area contributed by atoms with E-state index in [2.05, 4.69) is 44.0 Å². The number of ether oxygens (including phenoxy) is 1. The van der Waals surface area contributed by atoms with Crippen LogP contribution in [0.3, 0.4) is 0 Å². The minimum Gasteiger partial charge on any atom is -0.486 e. The topological polar surface area (TPSA) is 62.9 Å². The number of anilines is 1. The normalized spacial score (nSPS) is 10.6. The van der Waals surface area contributed by atoms with Gasteiger partial charge in [0.15, 0.2) is 0 Å². The highest BCUT2D eigenvalue weighted by atomic mass is 16.5. The molecule has 5 nitrogen and oxygen atoms in total. The van der Waals surface area contributed by atoms with Crippen LogP contribution in [-0.4, -0.2) is 18.1 Å². The summed E-state index contributed by atoms with van der Waals surface area (Å²) in [7, 11) is 2.06. The van der Waals surface area contributed by atoms with Crippen molar-refractivity contribution in [2.45, 2.75) is 27.0 Å². The van der Waals surface area contributed by atoms with Crippen LogP contribution in [-0.2, 0) is 13.2 Å². The van der Waals surface area contributed by atoms with Crippen molar-refractivity contribution in [3.63, 3.8) is 0 Å². The van der Waals surface area contributed by atoms with Gasteiger partial charge in [0.25, 0.3) is 0 Å². The van der Waals surface area contributed by atoms with Gasteiger partial charge in [-0.1, -0.05) is 29.3 Å². The highest BCUT2D eigenvalue weighted by molar-refractivity contribution is 5.84. The summed E-state index contributed by atoms with van der Waals surface area (Å²) in [5.74, 6) is 0.00430. The quantitative estimate of drug-likeness (QED) is 0.651. The Kier molecular flexibility index (Phi) is 5.50. The number of rotatable bonds is 7. The summed E-state index contributed by atoms with van der Waals surface area (Å²) in [6.45, 7) is 5.24. The summed E-state index contributed by atoms with van der Waals surface area (Å²) >= 11 is 0. The molecule has 1 N–H and O–H groups in total. The van der Waals surface area contributed by atoms with Crippen molar-refractivity contribution in [3.05, 3.63) is 82.8 Å². The molecule has 0 unspecified atom stereocenters. The van der Waals surface area contributed by atoms with E-state index in [1.165, 1.54) is 22.8 Å². The molecule has 0 fully saturated rings. The Balaban J connectivity index is 1.59. The fourth-order valence-electron chi connectivity index (χ4n) is 3.05. The Hall–Kier alpha value is -3.21. The third-order valence-corrected chi connectivity index (χ3v) is 4.23. The van der Waals surface area contributed by atoms with Crippen molar-refractivity contribution in [2.24, 2.45) is 0 Å². The average Bonchev–Trinajstić information content (AvgIpc) is 3.09. The first kappa shape index (κ1) is 18.6. The number of benzene rings is 2. The summed E-state index contributed by atoms with van der Waals surface area (Å²) in [5, 5.41) is 8.86. The molecule has 3 rings (SSSR count). The van der Waals surface area contributed by atoms with Crippen molar-refractivity contribution < 1.29 is 19.1 Å². The minimum atomic E-state index is -1.09. The maximum absolute atomic E-state index is 10.8. The van der Waals surface area contributed by atoms with Crippen LogP contribution in [0.5, 0.6) is 5.75 Å². The van der Waals surface area contributed by atoms with Gasteiger partial charge in [-0.3, -0.25) is 0 Å². The summed E-state index contributed by atoms with van der Waals surface area (Å²) in [4.78, 5) is 13.0. The van der Waals surface area contributed by atoms with Crippen LogP contribution in [0.1, 0.15) is 33.0 Å². The average molecular weight is 365 g/mol. The second-order valence-corrected chi connectivity index (χ2v) is 6.71. The first-order valence-corrected chi connectivity index (χ1v) is 8.74. The van der Waals surface area contributed by atoms with Crippen LogP contribution in [0.25, 0.3) is 0 Å². The molecular weight excluding hydrogens is 342 g/mol. The van der Waals surface area contributed by atoms with Crippen molar-refractivity contribution in [3.8, 4) is 5.75 Å². The van der Waals surface area contributed by atoms with Gasteiger partial charge < -0.3 is 19.2 Å². The Morgan fingerprint density at radius 1 is 1.04 bits per heavy atom. The highest BCUT2D eigenvalue weighted by Crippen LogP contribution is 2.22. The number of hydrogen-bond acceptors (Lipinski definition) is 4. The number of carboxylic acid groups (broad SMARTS) is 1. The van der Waals surface area contributed by atoms with E-state index in [9.17, 15) is 4.79 Å². The smallest absolute Gasteiger partial charge is 0.371 e. The van der Waals surface area contributed by atoms with Gasteiger partial charge in [0, 0.05) is 19.3 Å². The van der Waals surface area contributed by atoms with Crippen LogP contribution in [0.15, 0.2) is 59.0 Å². The SMILES string of the molecule is Cc1cc(C)cc(CN(C)c2ccc(OCc3ccc(C(=O)O)o3)cc2)c1. The number of nitrogens with zero attached hydrogens (tertiary/aromatic N) is 1. The number of furan rings is 1. The Labute approximate surface area is 158 Å². The molecule has 5 heteroatoms. The molecule has 0 spiro atoms. The Bertz CT molecular complexity index is 907. The van der Waals surface area contributed by atoms with Crippen molar-refractivity contribution in [1.82, 2.24) is 0 Å². The summed E-state index contributed by atoms with van der Waals surface area (Å²) < 4.78 is 10.8. The van der Waals surface area contributed by atoms with Gasteiger partial charge in [-0.2, -0.15) is 0 Å². The number of aromatic carboxylic acids is 1. The second-order valence-electron chi connectivity index (χ2n) is 6.71. The molecule has 0 aliphatic heterocycles. The number of carbonyl (C=O) groups is 1. The van der Waals surface area contributed by atoms with E-state index in [4.69, 9.17) is 14.3 Å². The fourth-order valence-corrected chi connectivity index (χ4v) is 3.05. The van der Waals surface area contributed by atoms with E-state index < -0.39 is 5.97 Å². The molecule has 0 aliphatic carbocycles. The molecule has 0 amide bonds. The highest BCUT2D eigenvalue weighted by Gasteiger charge is 2.09. The van der Waals surface area contributed by atoms with Gasteiger partial charge >= 0.3 is 5.97 Å². The minimum absolute atomic E-state index is 0.0861. The van der Waals surface area contributed by atoms with E-state index in [0.717, 1.165) is 12.2 Å². The molecule has 3 aromatic rings. The molecule has 0 radical (unpaired) electrons. The van der Waals surface area contributed by atoms with Gasteiger partial charge in [0.1, 0.15) is 18.1 Å². The molecular formula is C22H23NO4. The van der Waals surface area contributed by atoms with E-state index in [0.29, 0.717) is 11.5 Å². The zero-order chi connectivity index (χ0) is 19.4. The monoisotopic (exact) mass is 365 g/mol. The molecule has 0 atom stereocenters. The van der Waals surface area contributed by atoms with E-state index in [-0.39, 0.29) is 12.4 Å². The van der Waals surface area contributed by atoms with Gasteiger partial charge in [-0.15, -0.1) is 0 Å². The van der Waals surface area contributed by atoms with Gasteiger partial charge in [-0.05, 0) is 55.8 Å². The molecule has 2 aromatic carbocycles. The largest absolute Gasteiger partial charge is 0.486 e. The molecule has 0 saturated heterocycles. The summed E-state index contributed by atoms with van der Waals surface area (Å²) in [6, 6.07) is 17.4. The lowest BCUT2D eigenvalue weighted by Crippen LogP contribution is -2.16. The zero-order valence-electron chi connectivity index (χ0n) is 15.7. The van der Waals surface area contributed by atoms with Crippen LogP contribution >= 0.6 is 0 Å². The summed E-state index contributed by atoms with van der Waals surface area (Å²) in [5.41, 5.74) is 4.91. The van der Waals surface area contributed by atoms with Crippen LogP contribution < -0.4 is 9.64 Å². The standard InChI is InChI=1S/C22H23NO4/c1-15-10-16(2)12-17(11-15)13-23(3)18-4-6-19(7-5-18)26-14-20-8-9-21(27-20)22(24)25/h4-12H,13-14H2,1-3H3,(H,24,25). The molecule has 0 aliphatic rings. The molecule has 1 heterocycles. The second kappa shape index (κ2) is 7.99. The van der Waals surface area contributed by atoms with Gasteiger partial charge in [0.05, 0.1) is 0 Å². The third-order valence-electron chi connectivity index (χ3n) is 4.23. The van der Waals surface area contributed by atoms with Gasteiger partial charge in [0.2, 0.25) is 5.76 Å². The third kappa shape index (κ3) is 4.91. The zero-order valence-corrected chi connectivity index (χ0v) is 15.7. The van der Waals surface area contributed by atoms with Gasteiger partial charge in [-0.25, -0.2) is 4.79 Å². The molecule has 0 saturated carbocycles. The molecule has 0 bridgehead atoms. The number of hydrogen-bond donors (Lipinski definition) is 1. The van der Waals surface area contributed by atoms with Crippen molar-refractivity contribution in [2.75, 3.05) is 11.9 Å². The number of carboxylic acids is 1. The lowest BCUT2D eigenvalue weighted by atomic mass is 10.1. The lowest BCUT2D eigenvalue weighted by molar-refractivity contribution is 0.0658. The van der Waals surface area contributed by atoms with E-state index in [1.54, 1.807) is 6.07 Å². The molecule has 1 aromatic heterocycles. The Morgan fingerprint density at radius 3 is 2.30 bits per heavy atom. The van der Waals surface area contributed by atoms with Crippen molar-refractivity contribution >= 4 is 11.7 Å². The molecule has 140 valence electrons. The maximum atomic E-state index is 10.8. The van der Waals surface area contributed by atoms with E-state index >= 15 is 0 Å². The fraction of sp³-hybridized carbons (Fsp3) is 0.227. The Morgan fingerprint density at radius 2 is 1.70 bits per heavy atom.